The highest BCUT2D eigenvalue weighted by Crippen LogP contribution is 2.39. The quantitative estimate of drug-likeness (QED) is 0.103. The normalized spacial score (nSPS) is 20.7. The van der Waals surface area contributed by atoms with E-state index >= 15 is 4.39 Å². The summed E-state index contributed by atoms with van der Waals surface area (Å²) in [7, 11) is -2.28. The maximum atomic E-state index is 16.7. The van der Waals surface area contributed by atoms with E-state index in [9.17, 15) is 4.79 Å². The number of hydrogen-bond donors (Lipinski definition) is 1. The molecule has 2 aromatic heterocycles. The van der Waals surface area contributed by atoms with Gasteiger partial charge in [-0.1, -0.05) is 39.0 Å². The summed E-state index contributed by atoms with van der Waals surface area (Å²) in [6, 6.07) is 13.5. The number of nitrogens with one attached hydrogen (secondary N) is 1. The molecule has 1 aliphatic rings. The van der Waals surface area contributed by atoms with Gasteiger partial charge in [-0.05, 0) is 58.0 Å². The highest BCUT2D eigenvalue weighted by atomic mass is 28.4. The van der Waals surface area contributed by atoms with Gasteiger partial charge in [0.15, 0.2) is 37.7 Å². The number of hydrogen-bond acceptors (Lipinski definition) is 10. The Morgan fingerprint density at radius 2 is 1.77 bits per heavy atom. The third-order valence-electron chi connectivity index (χ3n) is 8.80. The van der Waals surface area contributed by atoms with Crippen molar-refractivity contribution < 1.29 is 27.8 Å². The number of carbonyl (C=O) groups excluding carboxylic acids is 1. The lowest BCUT2D eigenvalue weighted by Crippen LogP contribution is -2.50. The number of benzene rings is 1. The summed E-state index contributed by atoms with van der Waals surface area (Å²) >= 11 is 0. The predicted octanol–water partition coefficient (Wildman–Crippen LogP) is 6.05. The number of nitriles is 1. The van der Waals surface area contributed by atoms with Gasteiger partial charge in [0.25, 0.3) is 5.91 Å². The molecule has 1 aromatic carbocycles. The first-order valence-corrected chi connectivity index (χ1v) is 19.0. The van der Waals surface area contributed by atoms with Crippen LogP contribution < -0.4 is 5.32 Å². The molecule has 0 radical (unpaired) electrons. The Bertz CT molecular complexity index is 1470. The lowest BCUT2D eigenvalue weighted by molar-refractivity contribution is -0.252. The van der Waals surface area contributed by atoms with Gasteiger partial charge in [-0.3, -0.25) is 14.3 Å². The molecular formula is C33H48FN7O5Si. The van der Waals surface area contributed by atoms with Gasteiger partial charge in [-0.25, -0.2) is 19.3 Å². The molecule has 0 aliphatic carbocycles. The number of ether oxygens (including phenoxy) is 3. The molecule has 14 heteroatoms. The summed E-state index contributed by atoms with van der Waals surface area (Å²) < 4.78 is 43.8. The monoisotopic (exact) mass is 669 g/mol. The summed E-state index contributed by atoms with van der Waals surface area (Å²) in [6.45, 7) is 14.7. The summed E-state index contributed by atoms with van der Waals surface area (Å²) in [5, 5.41) is 11.9. The zero-order chi connectivity index (χ0) is 34.1. The fourth-order valence-corrected chi connectivity index (χ4v) is 8.93. The first-order valence-electron chi connectivity index (χ1n) is 16.5. The van der Waals surface area contributed by atoms with Crippen LogP contribution in [0.3, 0.4) is 0 Å². The van der Waals surface area contributed by atoms with Gasteiger partial charge in [-0.15, -0.1) is 0 Å². The number of imidazole rings is 1. The van der Waals surface area contributed by atoms with Gasteiger partial charge in [0, 0.05) is 17.6 Å². The molecule has 3 heterocycles. The van der Waals surface area contributed by atoms with E-state index in [0.29, 0.717) is 16.7 Å². The molecule has 12 nitrogen and oxygen atoms in total. The number of anilines is 1. The van der Waals surface area contributed by atoms with Gasteiger partial charge in [0.2, 0.25) is 6.41 Å². The van der Waals surface area contributed by atoms with Crippen LogP contribution in [0.5, 0.6) is 0 Å². The van der Waals surface area contributed by atoms with Crippen LogP contribution in [0.25, 0.3) is 11.2 Å². The van der Waals surface area contributed by atoms with Crippen LogP contribution >= 0.6 is 0 Å². The molecular weight excluding hydrogens is 621 g/mol. The largest absolute Gasteiger partial charge is 0.408 e. The molecule has 1 aliphatic heterocycles. The average molecular weight is 670 g/mol. The Morgan fingerprint density at radius 1 is 1.09 bits per heavy atom. The average Bonchev–Trinajstić information content (AvgIpc) is 3.63. The number of fused-ring (bicyclic) bond motifs is 1. The number of nitrogens with zero attached hydrogens (tertiary/aromatic N) is 6. The third-order valence-corrected chi connectivity index (χ3v) is 13.4. The predicted molar refractivity (Wildman–Crippen MR) is 179 cm³/mol. The Kier molecular flexibility index (Phi) is 13.0. The molecule has 1 amide bonds. The second-order valence-corrected chi connectivity index (χ2v) is 17.0. The highest BCUT2D eigenvalue weighted by molar-refractivity contribution is 6.73. The maximum absolute atomic E-state index is 16.7. The molecule has 1 saturated heterocycles. The van der Waals surface area contributed by atoms with Crippen molar-refractivity contribution >= 4 is 31.2 Å². The molecule has 47 heavy (non-hydrogen) atoms. The van der Waals surface area contributed by atoms with Crippen LogP contribution in [0.4, 0.5) is 10.2 Å². The lowest BCUT2D eigenvalue weighted by Gasteiger charge is -2.38. The number of carbonyl (C=O) groups is 1. The molecule has 1 N–H and O–H groups in total. The van der Waals surface area contributed by atoms with Crippen molar-refractivity contribution in [3.05, 3.63) is 48.5 Å². The third kappa shape index (κ3) is 8.40. The summed E-state index contributed by atoms with van der Waals surface area (Å²) in [5.41, 5.74) is 1.08. The standard InChI is InChI=1S/C33H48FN7O5Si/c1-8-47(9-2,10-3)46-28-25(19-44-33(43-18-14-17-35)41(22(4)5)23(6)7)45-32(26(28)34)40-21-38-27-29(36-20-37-30(27)40)39-31(42)24-15-12-11-13-16-24/h11-13,15-16,20-23,25-26,28,32-33H,8-10,14,18-19H2,1-7H3,(H,36,37,39,42)/t25-,26-,28-,32-,33?/m1/s1. The number of rotatable bonds is 17. The molecule has 0 saturated carbocycles. The van der Waals surface area contributed by atoms with Crippen molar-refractivity contribution in [1.29, 1.82) is 5.26 Å². The first kappa shape index (κ1) is 36.5. The highest BCUT2D eigenvalue weighted by Gasteiger charge is 2.51. The van der Waals surface area contributed by atoms with E-state index in [1.807, 2.05) is 33.8 Å². The Hall–Kier alpha value is -3.32. The molecule has 256 valence electrons. The number of aromatic nitrogens is 4. The smallest absolute Gasteiger partial charge is 0.256 e. The minimum absolute atomic E-state index is 0.00360. The van der Waals surface area contributed by atoms with Crippen LogP contribution in [0.15, 0.2) is 43.0 Å². The van der Waals surface area contributed by atoms with E-state index in [1.165, 1.54) is 17.2 Å². The minimum atomic E-state index is -2.28. The van der Waals surface area contributed by atoms with Crippen molar-refractivity contribution in [3.63, 3.8) is 0 Å². The van der Waals surface area contributed by atoms with Gasteiger partial charge in [-0.2, -0.15) is 5.26 Å². The van der Waals surface area contributed by atoms with E-state index < -0.39 is 39.3 Å². The van der Waals surface area contributed by atoms with Crippen LogP contribution in [0.2, 0.25) is 18.1 Å². The first-order chi connectivity index (χ1) is 22.6. The van der Waals surface area contributed by atoms with Crippen LogP contribution in [0.1, 0.15) is 71.5 Å². The Morgan fingerprint density at radius 3 is 2.38 bits per heavy atom. The zero-order valence-electron chi connectivity index (χ0n) is 28.4. The minimum Gasteiger partial charge on any atom is -0.408 e. The van der Waals surface area contributed by atoms with Crippen molar-refractivity contribution in [2.75, 3.05) is 18.5 Å². The van der Waals surface area contributed by atoms with E-state index in [0.717, 1.165) is 18.1 Å². The lowest BCUT2D eigenvalue weighted by atomic mass is 10.1. The fourth-order valence-electron chi connectivity index (χ4n) is 6.07. The van der Waals surface area contributed by atoms with Crippen LogP contribution in [-0.2, 0) is 18.6 Å². The summed E-state index contributed by atoms with van der Waals surface area (Å²) in [6.07, 6.45) is -2.17. The second-order valence-electron chi connectivity index (χ2n) is 12.3. The molecule has 3 aromatic rings. The van der Waals surface area contributed by atoms with Gasteiger partial charge in [0.1, 0.15) is 18.5 Å². The van der Waals surface area contributed by atoms with E-state index in [4.69, 9.17) is 23.9 Å². The molecule has 0 spiro atoms. The van der Waals surface area contributed by atoms with Gasteiger partial charge < -0.3 is 24.0 Å². The summed E-state index contributed by atoms with van der Waals surface area (Å²) in [5.74, 6) is -0.146. The SMILES string of the molecule is CC[Si](CC)(CC)O[C@H]1[C@@H](F)[C@H](n2cnc3c(NC(=O)c4ccccc4)ncnc32)O[C@@H]1COC(OCCC#N)N(C(C)C)C(C)C. The van der Waals surface area contributed by atoms with E-state index in [2.05, 4.69) is 52.0 Å². The Balaban J connectivity index is 1.64. The fraction of sp³-hybridized carbons (Fsp3) is 0.606. The summed E-state index contributed by atoms with van der Waals surface area (Å²) in [4.78, 5) is 28.0. The second kappa shape index (κ2) is 16.7. The number of amides is 1. The van der Waals surface area contributed by atoms with Crippen molar-refractivity contribution in [1.82, 2.24) is 24.4 Å². The topological polar surface area (TPSA) is 137 Å². The van der Waals surface area contributed by atoms with Crippen molar-refractivity contribution in [2.45, 2.75) is 116 Å². The van der Waals surface area contributed by atoms with Gasteiger partial charge >= 0.3 is 0 Å². The van der Waals surface area contributed by atoms with Crippen LogP contribution in [-0.4, -0.2) is 88.7 Å². The van der Waals surface area contributed by atoms with Crippen LogP contribution in [0, 0.1) is 11.3 Å². The van der Waals surface area contributed by atoms with Crippen molar-refractivity contribution in [2.24, 2.45) is 0 Å². The molecule has 1 unspecified atom stereocenters. The molecule has 1 fully saturated rings. The number of alkyl halides is 1. The number of halogens is 1. The van der Waals surface area contributed by atoms with E-state index in [-0.39, 0.29) is 43.4 Å². The Labute approximate surface area is 277 Å². The molecule has 5 atom stereocenters. The van der Waals surface area contributed by atoms with Crippen molar-refractivity contribution in [3.8, 4) is 6.07 Å². The molecule has 4 rings (SSSR count). The molecule has 0 bridgehead atoms. The zero-order valence-corrected chi connectivity index (χ0v) is 29.4. The maximum Gasteiger partial charge on any atom is 0.256 e. The van der Waals surface area contributed by atoms with Gasteiger partial charge in [0.05, 0.1) is 32.0 Å². The van der Waals surface area contributed by atoms with E-state index in [1.54, 1.807) is 24.3 Å².